The molecule has 2 rings (SSSR count). The van der Waals surface area contributed by atoms with Gasteiger partial charge >= 0.3 is 0 Å². The van der Waals surface area contributed by atoms with Crippen molar-refractivity contribution in [1.29, 1.82) is 0 Å². The third kappa shape index (κ3) is 6.04. The molecule has 150 valence electrons. The maximum absolute atomic E-state index is 12.3. The smallest absolute Gasteiger partial charge is 0.238 e. The van der Waals surface area contributed by atoms with E-state index >= 15 is 0 Å². The van der Waals surface area contributed by atoms with Crippen LogP contribution in [0.4, 0.5) is 0 Å². The van der Waals surface area contributed by atoms with Gasteiger partial charge in [-0.05, 0) is 37.0 Å². The number of primary sulfonamides is 1. The van der Waals surface area contributed by atoms with Crippen molar-refractivity contribution >= 4 is 21.8 Å². The second-order valence-electron chi connectivity index (χ2n) is 8.05. The Balaban J connectivity index is 1.76. The Morgan fingerprint density at radius 2 is 1.70 bits per heavy atom. The lowest BCUT2D eigenvalue weighted by molar-refractivity contribution is -0.142. The van der Waals surface area contributed by atoms with Gasteiger partial charge in [0.2, 0.25) is 21.8 Å². The number of piperidine rings is 1. The first-order chi connectivity index (χ1) is 12.5. The molecule has 1 aliphatic heterocycles. The summed E-state index contributed by atoms with van der Waals surface area (Å²) in [6.07, 6.45) is 1.96. The number of nitrogens with two attached hydrogens (primary N) is 1. The summed E-state index contributed by atoms with van der Waals surface area (Å²) >= 11 is 0. The molecule has 1 aromatic rings. The van der Waals surface area contributed by atoms with Gasteiger partial charge in [0.25, 0.3) is 0 Å². The highest BCUT2D eigenvalue weighted by Gasteiger charge is 2.32. The van der Waals surface area contributed by atoms with Gasteiger partial charge in [-0.2, -0.15) is 0 Å². The summed E-state index contributed by atoms with van der Waals surface area (Å²) < 4.78 is 22.5. The molecule has 1 fully saturated rings. The van der Waals surface area contributed by atoms with Crippen LogP contribution in [0.15, 0.2) is 29.2 Å². The van der Waals surface area contributed by atoms with Crippen molar-refractivity contribution < 1.29 is 18.0 Å². The molecule has 0 aliphatic carbocycles. The number of rotatable bonds is 5. The first kappa shape index (κ1) is 21.4. The van der Waals surface area contributed by atoms with Gasteiger partial charge in [0.05, 0.1) is 4.90 Å². The molecule has 0 atom stereocenters. The largest absolute Gasteiger partial charge is 0.356 e. The fourth-order valence-electron chi connectivity index (χ4n) is 3.14. The number of nitrogens with zero attached hydrogens (tertiary/aromatic N) is 1. The van der Waals surface area contributed by atoms with Crippen molar-refractivity contribution in [1.82, 2.24) is 10.2 Å². The second-order valence-corrected chi connectivity index (χ2v) is 9.61. The molecule has 1 aliphatic rings. The van der Waals surface area contributed by atoms with Crippen LogP contribution in [-0.2, 0) is 26.0 Å². The normalized spacial score (nSPS) is 16.2. The number of benzene rings is 1. The van der Waals surface area contributed by atoms with Gasteiger partial charge in [-0.3, -0.25) is 9.59 Å². The summed E-state index contributed by atoms with van der Waals surface area (Å²) in [5, 5.41) is 8.01. The van der Waals surface area contributed by atoms with Gasteiger partial charge in [-0.1, -0.05) is 32.9 Å². The fraction of sp³-hybridized carbons (Fsp3) is 0.579. The molecule has 0 unspecified atom stereocenters. The molecule has 0 spiro atoms. The van der Waals surface area contributed by atoms with Gasteiger partial charge in [-0.25, -0.2) is 13.6 Å². The third-order valence-corrected chi connectivity index (χ3v) is 5.69. The van der Waals surface area contributed by atoms with Crippen molar-refractivity contribution in [2.45, 2.75) is 44.9 Å². The SMILES string of the molecule is CC(C)(C)C(=O)N1CCC(C(=O)NCCc2ccc(S(N)(=O)=O)cc2)CC1. The summed E-state index contributed by atoms with van der Waals surface area (Å²) in [6.45, 7) is 7.43. The summed E-state index contributed by atoms with van der Waals surface area (Å²) in [7, 11) is -3.69. The molecule has 8 heteroatoms. The average Bonchev–Trinajstić information content (AvgIpc) is 2.60. The van der Waals surface area contributed by atoms with Crippen molar-refractivity contribution in [2.24, 2.45) is 16.5 Å². The zero-order valence-corrected chi connectivity index (χ0v) is 17.0. The Morgan fingerprint density at radius 1 is 1.15 bits per heavy atom. The lowest BCUT2D eigenvalue weighted by Gasteiger charge is -2.35. The summed E-state index contributed by atoms with van der Waals surface area (Å²) in [4.78, 5) is 26.5. The summed E-state index contributed by atoms with van der Waals surface area (Å²) in [5.74, 6) is 0.0714. The van der Waals surface area contributed by atoms with Gasteiger partial charge in [0, 0.05) is 31.0 Å². The number of sulfonamides is 1. The van der Waals surface area contributed by atoms with Crippen molar-refractivity contribution in [3.05, 3.63) is 29.8 Å². The Kier molecular flexibility index (Phi) is 6.64. The van der Waals surface area contributed by atoms with Crippen molar-refractivity contribution in [2.75, 3.05) is 19.6 Å². The zero-order valence-electron chi connectivity index (χ0n) is 16.2. The first-order valence-electron chi connectivity index (χ1n) is 9.17. The molecule has 2 amide bonds. The Labute approximate surface area is 161 Å². The van der Waals surface area contributed by atoms with Gasteiger partial charge < -0.3 is 10.2 Å². The highest BCUT2D eigenvalue weighted by Crippen LogP contribution is 2.23. The van der Waals surface area contributed by atoms with Gasteiger partial charge in [0.1, 0.15) is 0 Å². The molecule has 0 bridgehead atoms. The first-order valence-corrected chi connectivity index (χ1v) is 10.7. The van der Waals surface area contributed by atoms with E-state index in [-0.39, 0.29) is 22.6 Å². The number of hydrogen-bond acceptors (Lipinski definition) is 4. The highest BCUT2D eigenvalue weighted by molar-refractivity contribution is 7.89. The van der Waals surface area contributed by atoms with Crippen molar-refractivity contribution in [3.8, 4) is 0 Å². The van der Waals surface area contributed by atoms with E-state index < -0.39 is 15.4 Å². The molecular formula is C19H29N3O4S. The van der Waals surface area contributed by atoms with E-state index in [2.05, 4.69) is 5.32 Å². The lowest BCUT2D eigenvalue weighted by Crippen LogP contribution is -2.46. The van der Waals surface area contributed by atoms with Crippen LogP contribution in [0.3, 0.4) is 0 Å². The number of carbonyl (C=O) groups is 2. The number of nitrogens with one attached hydrogen (secondary N) is 1. The van der Waals surface area contributed by atoms with Crippen LogP contribution in [0.2, 0.25) is 0 Å². The van der Waals surface area contributed by atoms with Crippen LogP contribution in [0.25, 0.3) is 0 Å². The Morgan fingerprint density at radius 3 is 2.19 bits per heavy atom. The molecule has 27 heavy (non-hydrogen) atoms. The molecule has 0 radical (unpaired) electrons. The maximum atomic E-state index is 12.3. The minimum absolute atomic E-state index is 0.0130. The number of hydrogen-bond donors (Lipinski definition) is 2. The fourth-order valence-corrected chi connectivity index (χ4v) is 3.65. The van der Waals surface area contributed by atoms with Crippen LogP contribution >= 0.6 is 0 Å². The van der Waals surface area contributed by atoms with Gasteiger partial charge in [-0.15, -0.1) is 0 Å². The minimum Gasteiger partial charge on any atom is -0.356 e. The van der Waals surface area contributed by atoms with Crippen LogP contribution in [0.1, 0.15) is 39.2 Å². The zero-order chi connectivity index (χ0) is 20.2. The lowest BCUT2D eigenvalue weighted by atomic mass is 9.90. The molecular weight excluding hydrogens is 366 g/mol. The van der Waals surface area contributed by atoms with E-state index in [0.29, 0.717) is 38.9 Å². The summed E-state index contributed by atoms with van der Waals surface area (Å²) in [6, 6.07) is 6.33. The Bertz CT molecular complexity index is 774. The van der Waals surface area contributed by atoms with E-state index in [4.69, 9.17) is 5.14 Å². The number of likely N-dealkylation sites (tertiary alicyclic amines) is 1. The van der Waals surface area contributed by atoms with Gasteiger partial charge in [0.15, 0.2) is 0 Å². The molecule has 3 N–H and O–H groups in total. The van der Waals surface area contributed by atoms with Crippen LogP contribution < -0.4 is 10.5 Å². The van der Waals surface area contributed by atoms with E-state index in [1.807, 2.05) is 25.7 Å². The number of carbonyl (C=O) groups excluding carboxylic acids is 2. The predicted molar refractivity (Wildman–Crippen MR) is 103 cm³/mol. The number of amides is 2. The quantitative estimate of drug-likeness (QED) is 0.782. The standard InChI is InChI=1S/C19H29N3O4S/c1-19(2,3)18(24)22-12-9-15(10-13-22)17(23)21-11-8-14-4-6-16(7-5-14)27(20,25)26/h4-7,15H,8-13H2,1-3H3,(H,21,23)(H2,20,25,26). The topological polar surface area (TPSA) is 110 Å². The van der Waals surface area contributed by atoms with E-state index in [1.165, 1.54) is 12.1 Å². The monoisotopic (exact) mass is 395 g/mol. The van der Waals surface area contributed by atoms with E-state index in [9.17, 15) is 18.0 Å². The van der Waals surface area contributed by atoms with Crippen LogP contribution in [0, 0.1) is 11.3 Å². The molecule has 1 heterocycles. The molecule has 0 aromatic heterocycles. The van der Waals surface area contributed by atoms with E-state index in [0.717, 1.165) is 5.56 Å². The average molecular weight is 396 g/mol. The second kappa shape index (κ2) is 8.39. The van der Waals surface area contributed by atoms with Crippen molar-refractivity contribution in [3.63, 3.8) is 0 Å². The van der Waals surface area contributed by atoms with E-state index in [1.54, 1.807) is 12.1 Å². The predicted octanol–water partition coefficient (Wildman–Crippen LogP) is 1.28. The third-order valence-electron chi connectivity index (χ3n) is 4.76. The molecule has 1 saturated heterocycles. The molecule has 1 aromatic carbocycles. The highest BCUT2D eigenvalue weighted by atomic mass is 32.2. The summed E-state index contributed by atoms with van der Waals surface area (Å²) in [5.41, 5.74) is 0.529. The minimum atomic E-state index is -3.69. The molecule has 0 saturated carbocycles. The Hall–Kier alpha value is -1.93. The van der Waals surface area contributed by atoms with Crippen LogP contribution in [0.5, 0.6) is 0 Å². The van der Waals surface area contributed by atoms with Crippen LogP contribution in [-0.4, -0.2) is 44.8 Å². The maximum Gasteiger partial charge on any atom is 0.238 e. The molecule has 7 nitrogen and oxygen atoms in total.